The van der Waals surface area contributed by atoms with Crippen LogP contribution in [0.4, 0.5) is 11.5 Å². The van der Waals surface area contributed by atoms with E-state index in [0.29, 0.717) is 17.0 Å². The first kappa shape index (κ1) is 18.8. The average Bonchev–Trinajstić information content (AvgIpc) is 3.22. The lowest BCUT2D eigenvalue weighted by atomic mass is 10.1. The number of hydrogen-bond acceptors (Lipinski definition) is 9. The molecule has 2 aromatic heterocycles. The molecule has 2 unspecified atom stereocenters. The van der Waals surface area contributed by atoms with Gasteiger partial charge in [-0.3, -0.25) is 15.4 Å². The lowest BCUT2D eigenvalue weighted by molar-refractivity contribution is -0.0511. The van der Waals surface area contributed by atoms with Crippen molar-refractivity contribution in [3.05, 3.63) is 41.4 Å². The van der Waals surface area contributed by atoms with E-state index < -0.39 is 31.1 Å². The molecule has 0 amide bonds. The molecule has 5 N–H and O–H groups in total. The third-order valence-electron chi connectivity index (χ3n) is 4.56. The molecule has 0 aliphatic carbocycles. The maximum Gasteiger partial charge on any atom is 0.226 e. The lowest BCUT2D eigenvalue weighted by Crippen LogP contribution is -2.33. The topological polar surface area (TPSA) is 138 Å². The second-order valence-corrected chi connectivity index (χ2v) is 6.85. The van der Waals surface area contributed by atoms with Crippen molar-refractivity contribution in [3.8, 4) is 0 Å². The summed E-state index contributed by atoms with van der Waals surface area (Å²) in [6, 6.07) is 7.73. The summed E-state index contributed by atoms with van der Waals surface area (Å²) < 4.78 is 6.99. The first-order chi connectivity index (χ1) is 13.5. The van der Waals surface area contributed by atoms with E-state index in [-0.39, 0.29) is 5.28 Å². The Morgan fingerprint density at radius 3 is 2.57 bits per heavy atom. The van der Waals surface area contributed by atoms with Gasteiger partial charge in [0.05, 0.1) is 18.6 Å². The molecule has 0 spiro atoms. The van der Waals surface area contributed by atoms with Gasteiger partial charge in [-0.05, 0) is 30.7 Å². The minimum Gasteiger partial charge on any atom is -0.394 e. The summed E-state index contributed by atoms with van der Waals surface area (Å²) in [6.45, 7) is 1.57. The highest BCUT2D eigenvalue weighted by Crippen LogP contribution is 2.32. The predicted octanol–water partition coefficient (Wildman–Crippen LogP) is 0.839. The van der Waals surface area contributed by atoms with E-state index in [2.05, 4.69) is 25.8 Å². The third kappa shape index (κ3) is 3.36. The highest BCUT2D eigenvalue weighted by Gasteiger charge is 2.44. The van der Waals surface area contributed by atoms with Crippen LogP contribution in [-0.4, -0.2) is 59.8 Å². The number of nitrogens with zero attached hydrogens (tertiary/aromatic N) is 4. The summed E-state index contributed by atoms with van der Waals surface area (Å²) in [5.41, 5.74) is 8.62. The molecule has 0 bridgehead atoms. The van der Waals surface area contributed by atoms with Gasteiger partial charge in [-0.2, -0.15) is 9.97 Å². The number of aromatic nitrogens is 4. The molecule has 11 heteroatoms. The molecular weight excluding hydrogens is 388 g/mol. The van der Waals surface area contributed by atoms with Crippen molar-refractivity contribution in [1.82, 2.24) is 19.5 Å². The number of aryl methyl sites for hydroxylation is 1. The Kier molecular flexibility index (Phi) is 5.04. The molecule has 4 rings (SSSR count). The number of anilines is 2. The quantitative estimate of drug-likeness (QED) is 0.308. The lowest BCUT2D eigenvalue weighted by Gasteiger charge is -2.16. The average molecular weight is 407 g/mol. The van der Waals surface area contributed by atoms with Crippen molar-refractivity contribution in [2.24, 2.45) is 0 Å². The summed E-state index contributed by atoms with van der Waals surface area (Å²) in [4.78, 5) is 12.6. The minimum atomic E-state index is -1.26. The van der Waals surface area contributed by atoms with Crippen molar-refractivity contribution in [3.63, 3.8) is 0 Å². The van der Waals surface area contributed by atoms with Crippen LogP contribution in [-0.2, 0) is 4.74 Å². The predicted molar refractivity (Wildman–Crippen MR) is 102 cm³/mol. The molecule has 1 aliphatic rings. The Bertz CT molecular complexity index is 982. The van der Waals surface area contributed by atoms with Crippen molar-refractivity contribution < 1.29 is 20.1 Å². The van der Waals surface area contributed by atoms with Crippen molar-refractivity contribution in [2.45, 2.75) is 31.5 Å². The third-order valence-corrected chi connectivity index (χ3v) is 4.73. The van der Waals surface area contributed by atoms with Gasteiger partial charge in [0.25, 0.3) is 0 Å². The number of fused-ring (bicyclic) bond motifs is 1. The standard InChI is InChI=1S/C17H19ClN6O4/c1-8-2-4-9(5-3-8)22-23-14-11-15(21-17(18)20-14)24(7-19-11)16-13(27)12(26)10(6-25)28-16/h2-5,7,10,12-13,16,22,25-27H,6H2,1H3,(H,20,21,23)/t10-,12?,13?,16-/m1/s1. The van der Waals surface area contributed by atoms with E-state index in [0.717, 1.165) is 11.3 Å². The van der Waals surface area contributed by atoms with Crippen molar-refractivity contribution in [1.29, 1.82) is 0 Å². The number of rotatable bonds is 5. The zero-order chi connectivity index (χ0) is 19.8. The number of aliphatic hydroxyl groups excluding tert-OH is 3. The highest BCUT2D eigenvalue weighted by atomic mass is 35.5. The van der Waals surface area contributed by atoms with Gasteiger partial charge in [-0.1, -0.05) is 17.7 Å². The zero-order valence-electron chi connectivity index (χ0n) is 14.8. The van der Waals surface area contributed by atoms with Gasteiger partial charge in [0, 0.05) is 0 Å². The molecule has 3 aromatic rings. The van der Waals surface area contributed by atoms with E-state index in [4.69, 9.17) is 16.3 Å². The Balaban J connectivity index is 1.64. The molecular formula is C17H19ClN6O4. The molecule has 1 aromatic carbocycles. The van der Waals surface area contributed by atoms with Crippen molar-refractivity contribution in [2.75, 3.05) is 17.5 Å². The fourth-order valence-electron chi connectivity index (χ4n) is 3.04. The van der Waals surface area contributed by atoms with Crippen LogP contribution in [0.2, 0.25) is 5.28 Å². The molecule has 1 saturated heterocycles. The number of halogens is 1. The van der Waals surface area contributed by atoms with E-state index >= 15 is 0 Å². The number of hydrazine groups is 1. The van der Waals surface area contributed by atoms with Gasteiger partial charge in [-0.25, -0.2) is 4.98 Å². The SMILES string of the molecule is Cc1ccc(NNc2nc(Cl)nc3c2ncn3[C@@H]2O[C@H](CO)C(O)C2O)cc1. The molecule has 3 heterocycles. The summed E-state index contributed by atoms with van der Waals surface area (Å²) in [5.74, 6) is 0.334. The number of benzene rings is 1. The van der Waals surface area contributed by atoms with E-state index in [9.17, 15) is 15.3 Å². The van der Waals surface area contributed by atoms with Gasteiger partial charge >= 0.3 is 0 Å². The van der Waals surface area contributed by atoms with Crippen LogP contribution >= 0.6 is 11.6 Å². The van der Waals surface area contributed by atoms with Crippen molar-refractivity contribution >= 4 is 34.3 Å². The normalized spacial score (nSPS) is 24.6. The maximum atomic E-state index is 10.3. The number of aliphatic hydroxyl groups is 3. The van der Waals surface area contributed by atoms with Gasteiger partial charge in [0.1, 0.15) is 18.3 Å². The maximum absolute atomic E-state index is 10.3. The summed E-state index contributed by atoms with van der Waals surface area (Å²) >= 11 is 6.06. The van der Waals surface area contributed by atoms with Crippen LogP contribution in [0.15, 0.2) is 30.6 Å². The van der Waals surface area contributed by atoms with Crippen LogP contribution in [0.5, 0.6) is 0 Å². The van der Waals surface area contributed by atoms with Gasteiger partial charge < -0.3 is 20.1 Å². The molecule has 0 radical (unpaired) electrons. The number of ether oxygens (including phenoxy) is 1. The highest BCUT2D eigenvalue weighted by molar-refractivity contribution is 6.28. The van der Waals surface area contributed by atoms with Crippen LogP contribution in [0.1, 0.15) is 11.8 Å². The Hall–Kier alpha value is -2.50. The molecule has 1 aliphatic heterocycles. The largest absolute Gasteiger partial charge is 0.394 e. The smallest absolute Gasteiger partial charge is 0.226 e. The number of imidazole rings is 1. The van der Waals surface area contributed by atoms with Gasteiger partial charge in [0.15, 0.2) is 23.2 Å². The summed E-state index contributed by atoms with van der Waals surface area (Å²) in [7, 11) is 0. The first-order valence-electron chi connectivity index (χ1n) is 8.59. The minimum absolute atomic E-state index is 0.0331. The fourth-order valence-corrected chi connectivity index (χ4v) is 3.21. The van der Waals surface area contributed by atoms with Crippen LogP contribution in [0.25, 0.3) is 11.2 Å². The molecule has 0 saturated carbocycles. The number of hydrogen-bond donors (Lipinski definition) is 5. The molecule has 28 heavy (non-hydrogen) atoms. The molecule has 148 valence electrons. The fraction of sp³-hybridized carbons (Fsp3) is 0.353. The summed E-state index contributed by atoms with van der Waals surface area (Å²) in [5, 5.41) is 29.5. The monoisotopic (exact) mass is 406 g/mol. The first-order valence-corrected chi connectivity index (χ1v) is 8.97. The Morgan fingerprint density at radius 2 is 1.89 bits per heavy atom. The second-order valence-electron chi connectivity index (χ2n) is 6.51. The molecule has 1 fully saturated rings. The Labute approximate surface area is 164 Å². The van der Waals surface area contributed by atoms with Crippen LogP contribution < -0.4 is 10.9 Å². The second kappa shape index (κ2) is 7.49. The van der Waals surface area contributed by atoms with Gasteiger partial charge in [-0.15, -0.1) is 0 Å². The zero-order valence-corrected chi connectivity index (χ0v) is 15.6. The van der Waals surface area contributed by atoms with Gasteiger partial charge in [0.2, 0.25) is 5.28 Å². The number of nitrogens with one attached hydrogen (secondary N) is 2. The summed E-state index contributed by atoms with van der Waals surface area (Å²) in [6.07, 6.45) is -2.96. The molecule has 10 nitrogen and oxygen atoms in total. The van der Waals surface area contributed by atoms with Crippen LogP contribution in [0, 0.1) is 6.92 Å². The van der Waals surface area contributed by atoms with E-state index in [1.807, 2.05) is 31.2 Å². The Morgan fingerprint density at radius 1 is 1.14 bits per heavy atom. The van der Waals surface area contributed by atoms with E-state index in [1.54, 1.807) is 0 Å². The van der Waals surface area contributed by atoms with E-state index in [1.165, 1.54) is 10.9 Å². The molecule has 4 atom stereocenters. The van der Waals surface area contributed by atoms with Crippen LogP contribution in [0.3, 0.4) is 0 Å².